The van der Waals surface area contributed by atoms with Crippen LogP contribution in [0.25, 0.3) is 0 Å². The number of benzene rings is 2. The number of phenolic OH excluding ortho intramolecular Hbond substituents is 1. The Hall–Kier alpha value is -2.60. The minimum absolute atomic E-state index is 0.0769. The third-order valence-electron chi connectivity index (χ3n) is 4.64. The van der Waals surface area contributed by atoms with Gasteiger partial charge in [0.1, 0.15) is 0 Å². The van der Waals surface area contributed by atoms with Gasteiger partial charge in [-0.25, -0.2) is 0 Å². The van der Waals surface area contributed by atoms with Crippen LogP contribution in [0.15, 0.2) is 48.5 Å². The first-order chi connectivity index (χ1) is 14.2. The molecule has 0 unspecified atom stereocenters. The molecule has 0 heterocycles. The van der Waals surface area contributed by atoms with Crippen molar-refractivity contribution in [1.29, 1.82) is 0 Å². The van der Waals surface area contributed by atoms with Crippen molar-refractivity contribution in [3.05, 3.63) is 59.7 Å². The standard InChI is InChI=1S/C24H31NO4S/c1-24(2,3)23(27)29-16-19(12-17-8-6-5-7-9-17)14-22(30)25-15-18-10-11-20(26)21(13-18)28-4/h5-11,13,19,26H,12,14-16H2,1-4H3,(H,25,30)/t19-/m0/s1. The van der Waals surface area contributed by atoms with E-state index in [9.17, 15) is 9.90 Å². The molecule has 0 bridgehead atoms. The van der Waals surface area contributed by atoms with E-state index < -0.39 is 5.41 Å². The van der Waals surface area contributed by atoms with Crippen LogP contribution < -0.4 is 10.1 Å². The second-order valence-corrected chi connectivity index (χ2v) is 8.88. The van der Waals surface area contributed by atoms with E-state index in [-0.39, 0.29) is 17.6 Å². The van der Waals surface area contributed by atoms with Crippen LogP contribution in [-0.2, 0) is 22.5 Å². The molecular weight excluding hydrogens is 398 g/mol. The quantitative estimate of drug-likeness (QED) is 0.447. The van der Waals surface area contributed by atoms with Crippen molar-refractivity contribution in [2.24, 2.45) is 11.3 Å². The molecule has 0 saturated carbocycles. The molecule has 30 heavy (non-hydrogen) atoms. The van der Waals surface area contributed by atoms with Gasteiger partial charge in [0.2, 0.25) is 0 Å². The summed E-state index contributed by atoms with van der Waals surface area (Å²) < 4.78 is 10.7. The number of esters is 1. The van der Waals surface area contributed by atoms with Gasteiger partial charge in [-0.2, -0.15) is 0 Å². The number of carbonyl (C=O) groups is 1. The van der Waals surface area contributed by atoms with Crippen LogP contribution in [0.1, 0.15) is 38.3 Å². The number of hydrogen-bond donors (Lipinski definition) is 2. The van der Waals surface area contributed by atoms with Crippen molar-refractivity contribution < 1.29 is 19.4 Å². The lowest BCUT2D eigenvalue weighted by atomic mass is 9.95. The topological polar surface area (TPSA) is 67.8 Å². The van der Waals surface area contributed by atoms with Crippen molar-refractivity contribution in [2.75, 3.05) is 13.7 Å². The summed E-state index contributed by atoms with van der Waals surface area (Å²) >= 11 is 5.55. The number of nitrogens with one attached hydrogen (secondary N) is 1. The number of thiocarbonyl (C=S) groups is 1. The van der Waals surface area contributed by atoms with Crippen LogP contribution in [-0.4, -0.2) is 29.8 Å². The average molecular weight is 430 g/mol. The average Bonchev–Trinajstić information content (AvgIpc) is 2.71. The number of aromatic hydroxyl groups is 1. The molecule has 0 radical (unpaired) electrons. The number of methoxy groups -OCH3 is 1. The van der Waals surface area contributed by atoms with Gasteiger partial charge in [0.25, 0.3) is 0 Å². The minimum Gasteiger partial charge on any atom is -0.504 e. The predicted octanol–water partition coefficient (Wildman–Crippen LogP) is 4.66. The Morgan fingerprint density at radius 2 is 1.83 bits per heavy atom. The summed E-state index contributed by atoms with van der Waals surface area (Å²) in [4.78, 5) is 12.9. The molecule has 6 heteroatoms. The van der Waals surface area contributed by atoms with E-state index >= 15 is 0 Å². The van der Waals surface area contributed by atoms with Gasteiger partial charge < -0.3 is 19.9 Å². The Balaban J connectivity index is 1.97. The number of phenols is 1. The monoisotopic (exact) mass is 429 g/mol. The zero-order chi connectivity index (χ0) is 22.1. The fourth-order valence-electron chi connectivity index (χ4n) is 2.91. The van der Waals surface area contributed by atoms with Crippen LogP contribution in [0.4, 0.5) is 0 Å². The van der Waals surface area contributed by atoms with Crippen LogP contribution in [0.3, 0.4) is 0 Å². The number of rotatable bonds is 9. The highest BCUT2D eigenvalue weighted by Gasteiger charge is 2.24. The highest BCUT2D eigenvalue weighted by molar-refractivity contribution is 7.80. The van der Waals surface area contributed by atoms with E-state index in [0.717, 1.165) is 12.0 Å². The van der Waals surface area contributed by atoms with Crippen molar-refractivity contribution in [3.8, 4) is 11.5 Å². The molecule has 0 saturated heterocycles. The fourth-order valence-corrected chi connectivity index (χ4v) is 3.22. The third-order valence-corrected chi connectivity index (χ3v) is 4.95. The highest BCUT2D eigenvalue weighted by Crippen LogP contribution is 2.26. The lowest BCUT2D eigenvalue weighted by molar-refractivity contribution is -0.154. The van der Waals surface area contributed by atoms with Gasteiger partial charge >= 0.3 is 5.97 Å². The van der Waals surface area contributed by atoms with E-state index in [0.29, 0.717) is 30.3 Å². The lowest BCUT2D eigenvalue weighted by Gasteiger charge is -2.22. The van der Waals surface area contributed by atoms with Gasteiger partial charge in [-0.15, -0.1) is 0 Å². The normalized spacial score (nSPS) is 12.1. The van der Waals surface area contributed by atoms with Crippen molar-refractivity contribution >= 4 is 23.2 Å². The van der Waals surface area contributed by atoms with Crippen molar-refractivity contribution in [1.82, 2.24) is 5.32 Å². The Bertz CT molecular complexity index is 846. The summed E-state index contributed by atoms with van der Waals surface area (Å²) in [5.74, 6) is 0.396. The van der Waals surface area contributed by atoms with Gasteiger partial charge in [0.05, 0.1) is 24.1 Å². The van der Waals surface area contributed by atoms with Crippen LogP contribution >= 0.6 is 12.2 Å². The molecule has 1 atom stereocenters. The largest absolute Gasteiger partial charge is 0.504 e. The smallest absolute Gasteiger partial charge is 0.311 e. The molecule has 0 aliphatic heterocycles. The Morgan fingerprint density at radius 3 is 2.47 bits per heavy atom. The molecule has 2 rings (SSSR count). The summed E-state index contributed by atoms with van der Waals surface area (Å²) in [7, 11) is 1.52. The Labute approximate surface area is 184 Å². The predicted molar refractivity (Wildman–Crippen MR) is 123 cm³/mol. The van der Waals surface area contributed by atoms with Gasteiger partial charge in [0.15, 0.2) is 11.5 Å². The van der Waals surface area contributed by atoms with E-state index in [1.165, 1.54) is 12.7 Å². The summed E-state index contributed by atoms with van der Waals surface area (Å²) in [6.07, 6.45) is 1.38. The van der Waals surface area contributed by atoms with Gasteiger partial charge in [-0.1, -0.05) is 48.6 Å². The third kappa shape index (κ3) is 7.67. The molecule has 0 aliphatic carbocycles. The second kappa shape index (κ2) is 11.0. The van der Waals surface area contributed by atoms with Crippen molar-refractivity contribution in [3.63, 3.8) is 0 Å². The molecule has 2 aromatic carbocycles. The van der Waals surface area contributed by atoms with Gasteiger partial charge in [0, 0.05) is 18.9 Å². The molecule has 5 nitrogen and oxygen atoms in total. The molecule has 0 fully saturated rings. The molecule has 2 N–H and O–H groups in total. The number of hydrogen-bond acceptors (Lipinski definition) is 5. The zero-order valence-corrected chi connectivity index (χ0v) is 18.9. The zero-order valence-electron chi connectivity index (χ0n) is 18.1. The molecule has 0 aliphatic rings. The number of carbonyl (C=O) groups excluding carboxylic acids is 1. The summed E-state index contributed by atoms with van der Waals surface area (Å²) in [5.41, 5.74) is 1.60. The maximum absolute atomic E-state index is 12.2. The van der Waals surface area contributed by atoms with Crippen molar-refractivity contribution in [2.45, 2.75) is 40.2 Å². The van der Waals surface area contributed by atoms with E-state index in [4.69, 9.17) is 21.7 Å². The van der Waals surface area contributed by atoms with Gasteiger partial charge in [-0.3, -0.25) is 4.79 Å². The molecule has 0 aromatic heterocycles. The van der Waals surface area contributed by atoms with Crippen LogP contribution in [0.5, 0.6) is 11.5 Å². The second-order valence-electron chi connectivity index (χ2n) is 8.39. The van der Waals surface area contributed by atoms with E-state index in [2.05, 4.69) is 17.4 Å². The summed E-state index contributed by atoms with van der Waals surface area (Å²) in [6, 6.07) is 15.3. The number of ether oxygens (including phenoxy) is 2. The lowest BCUT2D eigenvalue weighted by Crippen LogP contribution is -2.29. The molecule has 0 amide bonds. The fraction of sp³-hybridized carbons (Fsp3) is 0.417. The first-order valence-corrected chi connectivity index (χ1v) is 10.4. The summed E-state index contributed by atoms with van der Waals surface area (Å²) in [6.45, 7) is 6.38. The maximum atomic E-state index is 12.2. The molecular formula is C24H31NO4S. The molecule has 2 aromatic rings. The maximum Gasteiger partial charge on any atom is 0.311 e. The summed E-state index contributed by atoms with van der Waals surface area (Å²) in [5, 5.41) is 13.0. The highest BCUT2D eigenvalue weighted by atomic mass is 32.1. The first kappa shape index (κ1) is 23.7. The Morgan fingerprint density at radius 1 is 1.13 bits per heavy atom. The Kier molecular flexibility index (Phi) is 8.66. The van der Waals surface area contributed by atoms with E-state index in [1.807, 2.05) is 45.0 Å². The van der Waals surface area contributed by atoms with Crippen LogP contribution in [0.2, 0.25) is 0 Å². The SMILES string of the molecule is COc1cc(CNC(=S)C[C@@H](COC(=O)C(C)(C)C)Cc2ccccc2)ccc1O. The molecule has 0 spiro atoms. The van der Waals surface area contributed by atoms with Crippen LogP contribution in [0, 0.1) is 11.3 Å². The van der Waals surface area contributed by atoms with Gasteiger partial charge in [-0.05, 0) is 50.5 Å². The first-order valence-electron chi connectivity index (χ1n) is 10.0. The molecule has 162 valence electrons. The van der Waals surface area contributed by atoms with E-state index in [1.54, 1.807) is 12.1 Å². The minimum atomic E-state index is -0.534.